The second-order valence-corrected chi connectivity index (χ2v) is 4.66. The van der Waals surface area contributed by atoms with Crippen LogP contribution in [-0.4, -0.2) is 19.2 Å². The van der Waals surface area contributed by atoms with Crippen LogP contribution in [0, 0.1) is 6.92 Å². The van der Waals surface area contributed by atoms with Crippen molar-refractivity contribution in [3.05, 3.63) is 28.8 Å². The van der Waals surface area contributed by atoms with Crippen LogP contribution in [-0.2, 0) is 0 Å². The Morgan fingerprint density at radius 3 is 2.75 bits per heavy atom. The molecule has 1 aromatic carbocycles. The lowest BCUT2D eigenvalue weighted by molar-refractivity contribution is 0.304. The molecule has 3 heteroatoms. The van der Waals surface area contributed by atoms with Crippen molar-refractivity contribution < 1.29 is 4.74 Å². The van der Waals surface area contributed by atoms with Crippen molar-refractivity contribution in [2.45, 2.75) is 33.2 Å². The summed E-state index contributed by atoms with van der Waals surface area (Å²) >= 11 is 5.87. The third kappa shape index (κ3) is 4.86. The zero-order chi connectivity index (χ0) is 12.0. The molecule has 0 aliphatic rings. The summed E-state index contributed by atoms with van der Waals surface area (Å²) in [6.07, 6.45) is 1.01. The first kappa shape index (κ1) is 13.3. The first-order valence-corrected chi connectivity index (χ1v) is 6.09. The Kier molecular flexibility index (Phi) is 5.64. The van der Waals surface area contributed by atoms with Crippen LogP contribution in [0.5, 0.6) is 5.75 Å². The molecule has 0 aliphatic carbocycles. The van der Waals surface area contributed by atoms with E-state index in [9.17, 15) is 0 Å². The number of aryl methyl sites for hydroxylation is 1. The van der Waals surface area contributed by atoms with E-state index in [4.69, 9.17) is 16.3 Å². The molecule has 0 unspecified atom stereocenters. The lowest BCUT2D eigenvalue weighted by Gasteiger charge is -2.11. The Labute approximate surface area is 103 Å². The topological polar surface area (TPSA) is 21.3 Å². The van der Waals surface area contributed by atoms with Crippen molar-refractivity contribution in [3.63, 3.8) is 0 Å². The first-order chi connectivity index (χ1) is 7.59. The molecule has 0 aliphatic heterocycles. The number of hydrogen-bond donors (Lipinski definition) is 1. The molecule has 0 fully saturated rings. The molecular formula is C13H20ClNO. The van der Waals surface area contributed by atoms with Crippen molar-refractivity contribution >= 4 is 11.6 Å². The molecule has 0 bridgehead atoms. The highest BCUT2D eigenvalue weighted by Crippen LogP contribution is 2.21. The van der Waals surface area contributed by atoms with Crippen molar-refractivity contribution in [2.75, 3.05) is 13.2 Å². The van der Waals surface area contributed by atoms with Gasteiger partial charge in [-0.1, -0.05) is 25.4 Å². The fraction of sp³-hybridized carbons (Fsp3) is 0.538. The molecule has 0 spiro atoms. The summed E-state index contributed by atoms with van der Waals surface area (Å²) in [5.41, 5.74) is 1.09. The summed E-state index contributed by atoms with van der Waals surface area (Å²) in [6.45, 7) is 8.02. The maximum atomic E-state index is 5.87. The number of nitrogens with one attached hydrogen (secondary N) is 1. The largest absolute Gasteiger partial charge is 0.493 e. The van der Waals surface area contributed by atoms with Gasteiger partial charge in [0.2, 0.25) is 0 Å². The van der Waals surface area contributed by atoms with Gasteiger partial charge >= 0.3 is 0 Å². The van der Waals surface area contributed by atoms with Gasteiger partial charge in [-0.15, -0.1) is 0 Å². The smallest absolute Gasteiger partial charge is 0.122 e. The van der Waals surface area contributed by atoms with E-state index in [1.54, 1.807) is 0 Å². The van der Waals surface area contributed by atoms with Crippen LogP contribution in [0.15, 0.2) is 18.2 Å². The second-order valence-electron chi connectivity index (χ2n) is 4.22. The molecule has 2 nitrogen and oxygen atoms in total. The Hall–Kier alpha value is -0.730. The second kappa shape index (κ2) is 6.77. The molecule has 0 saturated carbocycles. The number of rotatable bonds is 6. The van der Waals surface area contributed by atoms with Crippen LogP contribution >= 0.6 is 11.6 Å². The maximum Gasteiger partial charge on any atom is 0.122 e. The molecule has 1 rings (SSSR count). The summed E-state index contributed by atoms with van der Waals surface area (Å²) < 4.78 is 5.67. The molecule has 90 valence electrons. The molecule has 0 saturated heterocycles. The Bertz CT molecular complexity index is 326. The van der Waals surface area contributed by atoms with Crippen molar-refractivity contribution in [1.29, 1.82) is 0 Å². The SMILES string of the molecule is Cc1cc(Cl)ccc1OCCCNC(C)C. The van der Waals surface area contributed by atoms with Gasteiger partial charge in [0, 0.05) is 11.1 Å². The normalized spacial score (nSPS) is 10.8. The molecule has 0 amide bonds. The minimum Gasteiger partial charge on any atom is -0.493 e. The van der Waals surface area contributed by atoms with E-state index >= 15 is 0 Å². The zero-order valence-electron chi connectivity index (χ0n) is 10.2. The Morgan fingerprint density at radius 1 is 1.38 bits per heavy atom. The molecule has 0 heterocycles. The van der Waals surface area contributed by atoms with E-state index in [0.29, 0.717) is 6.04 Å². The van der Waals surface area contributed by atoms with Crippen LogP contribution in [0.25, 0.3) is 0 Å². The van der Waals surface area contributed by atoms with Crippen LogP contribution in [0.1, 0.15) is 25.8 Å². The van der Waals surface area contributed by atoms with E-state index < -0.39 is 0 Å². The van der Waals surface area contributed by atoms with E-state index in [1.807, 2.05) is 25.1 Å². The number of ether oxygens (including phenoxy) is 1. The van der Waals surface area contributed by atoms with Crippen LogP contribution in [0.2, 0.25) is 5.02 Å². The monoisotopic (exact) mass is 241 g/mol. The molecule has 16 heavy (non-hydrogen) atoms. The standard InChI is InChI=1S/C13H20ClNO/c1-10(2)15-7-4-8-16-13-6-5-12(14)9-11(13)3/h5-6,9-10,15H,4,7-8H2,1-3H3. The van der Waals surface area contributed by atoms with E-state index in [1.165, 1.54) is 0 Å². The number of benzene rings is 1. The van der Waals surface area contributed by atoms with Gasteiger partial charge in [0.1, 0.15) is 5.75 Å². The van der Waals surface area contributed by atoms with Crippen LogP contribution < -0.4 is 10.1 Å². The van der Waals surface area contributed by atoms with Gasteiger partial charge in [-0.05, 0) is 43.7 Å². The quantitative estimate of drug-likeness (QED) is 0.771. The third-order valence-electron chi connectivity index (χ3n) is 2.27. The predicted molar refractivity (Wildman–Crippen MR) is 69.4 cm³/mol. The first-order valence-electron chi connectivity index (χ1n) is 5.72. The van der Waals surface area contributed by atoms with Gasteiger partial charge in [0.15, 0.2) is 0 Å². The minimum atomic E-state index is 0.539. The van der Waals surface area contributed by atoms with Gasteiger partial charge in [0.25, 0.3) is 0 Å². The number of halogens is 1. The zero-order valence-corrected chi connectivity index (χ0v) is 11.0. The maximum absolute atomic E-state index is 5.87. The molecule has 1 N–H and O–H groups in total. The highest BCUT2D eigenvalue weighted by Gasteiger charge is 2.00. The van der Waals surface area contributed by atoms with Gasteiger partial charge in [-0.2, -0.15) is 0 Å². The lowest BCUT2D eigenvalue weighted by atomic mass is 10.2. The molecule has 0 aromatic heterocycles. The fourth-order valence-corrected chi connectivity index (χ4v) is 1.65. The highest BCUT2D eigenvalue weighted by atomic mass is 35.5. The van der Waals surface area contributed by atoms with Crippen LogP contribution in [0.3, 0.4) is 0 Å². The third-order valence-corrected chi connectivity index (χ3v) is 2.50. The summed E-state index contributed by atoms with van der Waals surface area (Å²) in [6, 6.07) is 6.24. The Morgan fingerprint density at radius 2 is 2.12 bits per heavy atom. The number of hydrogen-bond acceptors (Lipinski definition) is 2. The van der Waals surface area contributed by atoms with E-state index in [-0.39, 0.29) is 0 Å². The molecule has 0 atom stereocenters. The lowest BCUT2D eigenvalue weighted by Crippen LogP contribution is -2.24. The Balaban J connectivity index is 2.27. The average Bonchev–Trinajstić information content (AvgIpc) is 2.20. The van der Waals surface area contributed by atoms with Crippen molar-refractivity contribution in [1.82, 2.24) is 5.32 Å². The summed E-state index contributed by atoms with van der Waals surface area (Å²) in [4.78, 5) is 0. The fourth-order valence-electron chi connectivity index (χ4n) is 1.42. The van der Waals surface area contributed by atoms with Crippen molar-refractivity contribution in [2.24, 2.45) is 0 Å². The van der Waals surface area contributed by atoms with Gasteiger partial charge in [0.05, 0.1) is 6.61 Å². The van der Waals surface area contributed by atoms with Gasteiger partial charge in [-0.3, -0.25) is 0 Å². The van der Waals surface area contributed by atoms with E-state index in [2.05, 4.69) is 19.2 Å². The summed E-state index contributed by atoms with van der Waals surface area (Å²) in [5.74, 6) is 0.925. The predicted octanol–water partition coefficient (Wildman–Crippen LogP) is 3.42. The summed E-state index contributed by atoms with van der Waals surface area (Å²) in [5, 5.41) is 4.11. The van der Waals surface area contributed by atoms with Gasteiger partial charge < -0.3 is 10.1 Å². The molecule has 1 aromatic rings. The molecule has 0 radical (unpaired) electrons. The van der Waals surface area contributed by atoms with Crippen molar-refractivity contribution in [3.8, 4) is 5.75 Å². The minimum absolute atomic E-state index is 0.539. The highest BCUT2D eigenvalue weighted by molar-refractivity contribution is 6.30. The average molecular weight is 242 g/mol. The molecular weight excluding hydrogens is 222 g/mol. The van der Waals surface area contributed by atoms with Crippen LogP contribution in [0.4, 0.5) is 0 Å². The van der Waals surface area contributed by atoms with Gasteiger partial charge in [-0.25, -0.2) is 0 Å². The summed E-state index contributed by atoms with van der Waals surface area (Å²) in [7, 11) is 0. The van der Waals surface area contributed by atoms with E-state index in [0.717, 1.165) is 35.9 Å².